The maximum Gasteiger partial charge on any atom is 0.163 e. The molecular formula is C15H16Cl2N4. The van der Waals surface area contributed by atoms with Crippen LogP contribution >= 0.6 is 23.2 Å². The fourth-order valence-corrected chi connectivity index (χ4v) is 2.95. The van der Waals surface area contributed by atoms with E-state index in [1.165, 1.54) is 0 Å². The smallest absolute Gasteiger partial charge is 0.163 e. The Morgan fingerprint density at radius 3 is 2.67 bits per heavy atom. The molecule has 2 aromatic heterocycles. The molecule has 0 unspecified atom stereocenters. The van der Waals surface area contributed by atoms with Crippen molar-refractivity contribution in [2.24, 2.45) is 0 Å². The van der Waals surface area contributed by atoms with Crippen LogP contribution in [0, 0.1) is 13.8 Å². The van der Waals surface area contributed by atoms with Crippen LogP contribution in [0.1, 0.15) is 24.0 Å². The normalized spacial score (nSPS) is 11.5. The maximum absolute atomic E-state index is 6.17. The fourth-order valence-electron chi connectivity index (χ4n) is 2.60. The first kappa shape index (κ1) is 14.4. The summed E-state index contributed by atoms with van der Waals surface area (Å²) in [6.07, 6.45) is 0. The van der Waals surface area contributed by atoms with Crippen molar-refractivity contribution in [1.29, 1.82) is 0 Å². The summed E-state index contributed by atoms with van der Waals surface area (Å²) in [6.45, 7) is 6.86. The van der Waals surface area contributed by atoms with Gasteiger partial charge in [0, 0.05) is 11.6 Å². The van der Waals surface area contributed by atoms with Crippen molar-refractivity contribution in [2.45, 2.75) is 33.2 Å². The molecule has 0 saturated carbocycles. The highest BCUT2D eigenvalue weighted by Crippen LogP contribution is 2.28. The van der Waals surface area contributed by atoms with Crippen LogP contribution in [-0.2, 0) is 12.4 Å². The van der Waals surface area contributed by atoms with E-state index < -0.39 is 0 Å². The van der Waals surface area contributed by atoms with E-state index in [-0.39, 0.29) is 0 Å². The lowest BCUT2D eigenvalue weighted by Gasteiger charge is -2.12. The molecule has 4 nitrogen and oxygen atoms in total. The van der Waals surface area contributed by atoms with E-state index in [9.17, 15) is 0 Å². The van der Waals surface area contributed by atoms with E-state index in [4.69, 9.17) is 23.2 Å². The molecule has 0 bridgehead atoms. The highest BCUT2D eigenvalue weighted by molar-refractivity contribution is 6.30. The molecule has 0 radical (unpaired) electrons. The van der Waals surface area contributed by atoms with E-state index in [2.05, 4.69) is 28.5 Å². The van der Waals surface area contributed by atoms with Gasteiger partial charge in [-0.15, -0.1) is 11.6 Å². The quantitative estimate of drug-likeness (QED) is 0.676. The molecule has 0 N–H and O–H groups in total. The maximum atomic E-state index is 6.17. The third kappa shape index (κ3) is 2.23. The SMILES string of the molecule is CCn1nc(C)c2nc(CCl)n(-c3cc(Cl)ccc3C)c21. The van der Waals surface area contributed by atoms with Gasteiger partial charge in [0.2, 0.25) is 0 Å². The van der Waals surface area contributed by atoms with Crippen LogP contribution in [0.4, 0.5) is 0 Å². The molecule has 0 aliphatic rings. The topological polar surface area (TPSA) is 35.6 Å². The van der Waals surface area contributed by atoms with Crippen LogP contribution in [0.15, 0.2) is 18.2 Å². The molecule has 0 fully saturated rings. The highest BCUT2D eigenvalue weighted by atomic mass is 35.5. The van der Waals surface area contributed by atoms with Crippen molar-refractivity contribution >= 4 is 34.4 Å². The predicted molar refractivity (Wildman–Crippen MR) is 86.6 cm³/mol. The lowest BCUT2D eigenvalue weighted by molar-refractivity contribution is 0.660. The van der Waals surface area contributed by atoms with Crippen LogP contribution in [0.2, 0.25) is 5.02 Å². The average Bonchev–Trinajstić information content (AvgIpc) is 2.99. The Kier molecular flexibility index (Phi) is 3.68. The lowest BCUT2D eigenvalue weighted by Crippen LogP contribution is -2.07. The molecule has 0 aliphatic carbocycles. The zero-order valence-electron chi connectivity index (χ0n) is 12.2. The number of aryl methyl sites for hydroxylation is 3. The molecule has 0 saturated heterocycles. The molecular weight excluding hydrogens is 307 g/mol. The first-order valence-corrected chi connectivity index (χ1v) is 7.75. The monoisotopic (exact) mass is 322 g/mol. The summed E-state index contributed by atoms with van der Waals surface area (Å²) in [5.74, 6) is 1.14. The number of nitrogens with zero attached hydrogens (tertiary/aromatic N) is 4. The minimum atomic E-state index is 0.337. The number of hydrogen-bond donors (Lipinski definition) is 0. The van der Waals surface area contributed by atoms with Crippen LogP contribution in [0.5, 0.6) is 0 Å². The van der Waals surface area contributed by atoms with Crippen LogP contribution < -0.4 is 0 Å². The van der Waals surface area contributed by atoms with Gasteiger partial charge in [0.25, 0.3) is 0 Å². The number of aromatic nitrogens is 4. The minimum Gasteiger partial charge on any atom is -0.280 e. The summed E-state index contributed by atoms with van der Waals surface area (Å²) in [6, 6.07) is 5.83. The molecule has 2 heterocycles. The van der Waals surface area contributed by atoms with E-state index in [0.29, 0.717) is 10.9 Å². The van der Waals surface area contributed by atoms with Gasteiger partial charge in [-0.1, -0.05) is 17.7 Å². The number of halogens is 2. The minimum absolute atomic E-state index is 0.337. The summed E-state index contributed by atoms with van der Waals surface area (Å²) in [4.78, 5) is 4.65. The van der Waals surface area contributed by atoms with Crippen molar-refractivity contribution in [3.63, 3.8) is 0 Å². The lowest BCUT2D eigenvalue weighted by atomic mass is 10.2. The first-order chi connectivity index (χ1) is 10.1. The molecule has 110 valence electrons. The van der Waals surface area contributed by atoms with Crippen molar-refractivity contribution in [2.75, 3.05) is 0 Å². The molecule has 3 aromatic rings. The second-order valence-corrected chi connectivity index (χ2v) is 5.70. The van der Waals surface area contributed by atoms with E-state index in [1.807, 2.05) is 29.8 Å². The number of benzene rings is 1. The molecule has 0 amide bonds. The summed E-state index contributed by atoms with van der Waals surface area (Å²) < 4.78 is 4.01. The first-order valence-electron chi connectivity index (χ1n) is 6.84. The molecule has 21 heavy (non-hydrogen) atoms. The van der Waals surface area contributed by atoms with Gasteiger partial charge < -0.3 is 0 Å². The van der Waals surface area contributed by atoms with Crippen LogP contribution in [-0.4, -0.2) is 19.3 Å². The van der Waals surface area contributed by atoms with E-state index >= 15 is 0 Å². The number of hydrogen-bond acceptors (Lipinski definition) is 2. The van der Waals surface area contributed by atoms with Gasteiger partial charge in [0.1, 0.15) is 11.3 Å². The third-order valence-corrected chi connectivity index (χ3v) is 4.09. The molecule has 1 aromatic carbocycles. The standard InChI is InChI=1S/C15H16Cl2N4/c1-4-20-15-14(10(3)19-20)18-13(8-16)21(15)12-7-11(17)6-5-9(12)2/h5-7H,4,8H2,1-3H3. The molecule has 0 atom stereocenters. The highest BCUT2D eigenvalue weighted by Gasteiger charge is 2.20. The Labute approximate surface area is 133 Å². The predicted octanol–water partition coefficient (Wildman–Crippen LogP) is 4.25. The average molecular weight is 323 g/mol. The summed E-state index contributed by atoms with van der Waals surface area (Å²) in [7, 11) is 0. The van der Waals surface area contributed by atoms with E-state index in [0.717, 1.165) is 40.5 Å². The Morgan fingerprint density at radius 2 is 2.00 bits per heavy atom. The van der Waals surface area contributed by atoms with Crippen molar-refractivity contribution < 1.29 is 0 Å². The second kappa shape index (κ2) is 5.35. The zero-order chi connectivity index (χ0) is 15.1. The van der Waals surface area contributed by atoms with Crippen molar-refractivity contribution in [1.82, 2.24) is 19.3 Å². The van der Waals surface area contributed by atoms with Crippen LogP contribution in [0.3, 0.4) is 0 Å². The van der Waals surface area contributed by atoms with Gasteiger partial charge in [-0.3, -0.25) is 4.57 Å². The Morgan fingerprint density at radius 1 is 1.24 bits per heavy atom. The van der Waals surface area contributed by atoms with Crippen LogP contribution in [0.25, 0.3) is 16.9 Å². The molecule has 0 aliphatic heterocycles. The Bertz CT molecular complexity index is 817. The molecule has 6 heteroatoms. The fraction of sp³-hybridized carbons (Fsp3) is 0.333. The van der Waals surface area contributed by atoms with Crippen molar-refractivity contribution in [3.8, 4) is 5.69 Å². The third-order valence-electron chi connectivity index (χ3n) is 3.61. The number of imidazole rings is 1. The van der Waals surface area contributed by atoms with Gasteiger partial charge in [-0.25, -0.2) is 9.67 Å². The number of fused-ring (bicyclic) bond motifs is 1. The van der Waals surface area contributed by atoms with Gasteiger partial charge >= 0.3 is 0 Å². The summed E-state index contributed by atoms with van der Waals surface area (Å²) >= 11 is 12.3. The van der Waals surface area contributed by atoms with E-state index in [1.54, 1.807) is 0 Å². The van der Waals surface area contributed by atoms with Gasteiger partial charge in [-0.2, -0.15) is 5.10 Å². The zero-order valence-corrected chi connectivity index (χ0v) is 13.7. The molecule has 3 rings (SSSR count). The number of alkyl halides is 1. The van der Waals surface area contributed by atoms with Crippen molar-refractivity contribution in [3.05, 3.63) is 40.3 Å². The second-order valence-electron chi connectivity index (χ2n) is 5.00. The van der Waals surface area contributed by atoms with Gasteiger partial charge in [-0.05, 0) is 38.5 Å². The molecule has 0 spiro atoms. The summed E-state index contributed by atoms with van der Waals surface area (Å²) in [5.41, 5.74) is 4.89. The largest absolute Gasteiger partial charge is 0.280 e. The van der Waals surface area contributed by atoms with Gasteiger partial charge in [0.05, 0.1) is 17.3 Å². The Hall–Kier alpha value is -1.52. The Balaban J connectivity index is 2.42. The summed E-state index contributed by atoms with van der Waals surface area (Å²) in [5, 5.41) is 5.23. The van der Waals surface area contributed by atoms with Gasteiger partial charge in [0.15, 0.2) is 5.65 Å². The number of rotatable bonds is 3.